The van der Waals surface area contributed by atoms with Gasteiger partial charge in [-0.15, -0.1) is 0 Å². The van der Waals surface area contributed by atoms with E-state index >= 15 is 0 Å². The van der Waals surface area contributed by atoms with Gasteiger partial charge in [0.05, 0.1) is 11.1 Å². The van der Waals surface area contributed by atoms with E-state index in [2.05, 4.69) is 0 Å². The van der Waals surface area contributed by atoms with E-state index in [0.717, 1.165) is 11.3 Å². The fraction of sp³-hybridized carbons (Fsp3) is 0.462. The summed E-state index contributed by atoms with van der Waals surface area (Å²) in [5.41, 5.74) is 8.09. The second kappa shape index (κ2) is 3.24. The van der Waals surface area contributed by atoms with E-state index in [0.29, 0.717) is 5.69 Å². The number of carbonyl (C=O) groups excluding carboxylic acids is 1. The maximum Gasteiger partial charge on any atom is 0.237 e. The molecule has 2 N–H and O–H groups in total. The highest BCUT2D eigenvalue weighted by molar-refractivity contribution is 6.08. The molecule has 1 aliphatic rings. The molecule has 16 heavy (non-hydrogen) atoms. The highest BCUT2D eigenvalue weighted by Crippen LogP contribution is 2.43. The van der Waals surface area contributed by atoms with Crippen LogP contribution in [0.5, 0.6) is 0 Å². The molecule has 2 rings (SSSR count). The second-order valence-electron chi connectivity index (χ2n) is 5.17. The molecule has 0 atom stereocenters. The summed E-state index contributed by atoms with van der Waals surface area (Å²) < 4.78 is 0. The van der Waals surface area contributed by atoms with Crippen LogP contribution in [0.15, 0.2) is 18.2 Å². The van der Waals surface area contributed by atoms with E-state index in [9.17, 15) is 4.79 Å². The van der Waals surface area contributed by atoms with Crippen LogP contribution in [0.2, 0.25) is 0 Å². The predicted molar refractivity (Wildman–Crippen MR) is 66.5 cm³/mol. The lowest BCUT2D eigenvalue weighted by Gasteiger charge is -2.24. The third-order valence-corrected chi connectivity index (χ3v) is 3.22. The molecule has 0 saturated carbocycles. The van der Waals surface area contributed by atoms with Crippen LogP contribution in [0, 0.1) is 0 Å². The Hall–Kier alpha value is -1.51. The summed E-state index contributed by atoms with van der Waals surface area (Å²) in [5.74, 6) is 0.156. The van der Waals surface area contributed by atoms with Crippen LogP contribution in [0.1, 0.15) is 33.3 Å². The lowest BCUT2D eigenvalue weighted by molar-refractivity contribution is -0.122. The average molecular weight is 218 g/mol. The van der Waals surface area contributed by atoms with E-state index in [-0.39, 0.29) is 11.9 Å². The van der Waals surface area contributed by atoms with Crippen molar-refractivity contribution < 1.29 is 4.79 Å². The van der Waals surface area contributed by atoms with Crippen LogP contribution in [0.4, 0.5) is 11.4 Å². The molecule has 3 nitrogen and oxygen atoms in total. The van der Waals surface area contributed by atoms with Crippen molar-refractivity contribution in [2.45, 2.75) is 39.2 Å². The minimum Gasteiger partial charge on any atom is -0.399 e. The van der Waals surface area contributed by atoms with Gasteiger partial charge in [-0.3, -0.25) is 4.79 Å². The number of hydrogen-bond acceptors (Lipinski definition) is 2. The predicted octanol–water partition coefficient (Wildman–Crippen LogP) is 2.30. The Balaban J connectivity index is 2.65. The van der Waals surface area contributed by atoms with Gasteiger partial charge in [-0.1, -0.05) is 6.07 Å². The molecule has 1 aliphatic heterocycles. The molecule has 0 radical (unpaired) electrons. The first-order valence-electron chi connectivity index (χ1n) is 5.59. The Morgan fingerprint density at radius 2 is 1.94 bits per heavy atom. The molecule has 0 saturated heterocycles. The Labute approximate surface area is 96.2 Å². The molecule has 0 fully saturated rings. The molecular weight excluding hydrogens is 200 g/mol. The van der Waals surface area contributed by atoms with Gasteiger partial charge in [-0.25, -0.2) is 0 Å². The van der Waals surface area contributed by atoms with E-state index in [4.69, 9.17) is 5.73 Å². The van der Waals surface area contributed by atoms with Gasteiger partial charge in [0.1, 0.15) is 0 Å². The van der Waals surface area contributed by atoms with Gasteiger partial charge < -0.3 is 10.6 Å². The first-order chi connectivity index (χ1) is 7.35. The van der Waals surface area contributed by atoms with Crippen LogP contribution in [-0.4, -0.2) is 11.9 Å². The zero-order valence-corrected chi connectivity index (χ0v) is 10.2. The molecule has 0 aromatic heterocycles. The molecule has 1 aromatic rings. The van der Waals surface area contributed by atoms with E-state index in [1.165, 1.54) is 0 Å². The Morgan fingerprint density at radius 3 is 2.50 bits per heavy atom. The maximum atomic E-state index is 12.3. The van der Waals surface area contributed by atoms with Crippen molar-refractivity contribution in [2.75, 3.05) is 10.6 Å². The summed E-state index contributed by atoms with van der Waals surface area (Å²) in [6, 6.07) is 5.87. The number of nitrogens with zero attached hydrogens (tertiary/aromatic N) is 1. The van der Waals surface area contributed by atoms with Gasteiger partial charge in [-0.2, -0.15) is 0 Å². The third kappa shape index (κ3) is 1.31. The zero-order valence-electron chi connectivity index (χ0n) is 10.2. The number of hydrogen-bond donors (Lipinski definition) is 1. The summed E-state index contributed by atoms with van der Waals surface area (Å²) in [6.45, 7) is 7.97. The first kappa shape index (κ1) is 11.0. The van der Waals surface area contributed by atoms with Gasteiger partial charge in [-0.05, 0) is 45.4 Å². The minimum absolute atomic E-state index is 0.156. The fourth-order valence-corrected chi connectivity index (χ4v) is 2.31. The molecular formula is C13H18N2O. The topological polar surface area (TPSA) is 46.3 Å². The summed E-state index contributed by atoms with van der Waals surface area (Å²) in [7, 11) is 0. The normalized spacial score (nSPS) is 18.1. The van der Waals surface area contributed by atoms with Crippen LogP contribution < -0.4 is 10.6 Å². The van der Waals surface area contributed by atoms with E-state index in [1.807, 2.05) is 50.8 Å². The Bertz CT molecular complexity index is 449. The van der Waals surface area contributed by atoms with Crippen molar-refractivity contribution in [3.8, 4) is 0 Å². The molecule has 3 heteroatoms. The summed E-state index contributed by atoms with van der Waals surface area (Å²) in [5, 5.41) is 0. The smallest absolute Gasteiger partial charge is 0.237 e. The monoisotopic (exact) mass is 218 g/mol. The van der Waals surface area contributed by atoms with Crippen LogP contribution in [0.25, 0.3) is 0 Å². The fourth-order valence-electron chi connectivity index (χ4n) is 2.31. The van der Waals surface area contributed by atoms with Crippen molar-refractivity contribution >= 4 is 17.3 Å². The quantitative estimate of drug-likeness (QED) is 0.735. The van der Waals surface area contributed by atoms with Crippen molar-refractivity contribution in [3.63, 3.8) is 0 Å². The number of amides is 1. The number of nitrogen functional groups attached to an aromatic ring is 1. The highest BCUT2D eigenvalue weighted by atomic mass is 16.2. The SMILES string of the molecule is CC(C)N1C(=O)C(C)(C)c2ccc(N)cc21. The number of nitrogens with two attached hydrogens (primary N) is 1. The highest BCUT2D eigenvalue weighted by Gasteiger charge is 2.44. The van der Waals surface area contributed by atoms with Crippen molar-refractivity contribution in [3.05, 3.63) is 23.8 Å². The minimum atomic E-state index is -0.437. The molecule has 86 valence electrons. The zero-order chi connectivity index (χ0) is 12.1. The van der Waals surface area contributed by atoms with Crippen molar-refractivity contribution in [1.29, 1.82) is 0 Å². The summed E-state index contributed by atoms with van der Waals surface area (Å²) in [4.78, 5) is 14.2. The maximum absolute atomic E-state index is 12.3. The third-order valence-electron chi connectivity index (χ3n) is 3.22. The Morgan fingerprint density at radius 1 is 1.31 bits per heavy atom. The Kier molecular flexibility index (Phi) is 2.22. The van der Waals surface area contributed by atoms with Crippen LogP contribution >= 0.6 is 0 Å². The number of anilines is 2. The van der Waals surface area contributed by atoms with Crippen molar-refractivity contribution in [2.24, 2.45) is 0 Å². The van der Waals surface area contributed by atoms with Gasteiger partial charge in [0.25, 0.3) is 0 Å². The molecule has 0 bridgehead atoms. The van der Waals surface area contributed by atoms with Gasteiger partial charge in [0.15, 0.2) is 0 Å². The molecule has 1 heterocycles. The average Bonchev–Trinajstić information content (AvgIpc) is 2.34. The van der Waals surface area contributed by atoms with Gasteiger partial charge >= 0.3 is 0 Å². The largest absolute Gasteiger partial charge is 0.399 e. The van der Waals surface area contributed by atoms with E-state index < -0.39 is 5.41 Å². The molecule has 0 aliphatic carbocycles. The lowest BCUT2D eigenvalue weighted by atomic mass is 9.86. The molecule has 0 spiro atoms. The number of fused-ring (bicyclic) bond motifs is 1. The summed E-state index contributed by atoms with van der Waals surface area (Å²) >= 11 is 0. The number of benzene rings is 1. The number of carbonyl (C=O) groups is 1. The van der Waals surface area contributed by atoms with Gasteiger partial charge in [0.2, 0.25) is 5.91 Å². The van der Waals surface area contributed by atoms with Gasteiger partial charge in [0, 0.05) is 11.7 Å². The first-order valence-corrected chi connectivity index (χ1v) is 5.59. The standard InChI is InChI=1S/C13H18N2O/c1-8(2)15-11-7-9(14)5-6-10(11)13(3,4)12(15)16/h5-8H,14H2,1-4H3. The molecule has 0 unspecified atom stereocenters. The van der Waals surface area contributed by atoms with E-state index in [1.54, 1.807) is 0 Å². The van der Waals surface area contributed by atoms with Crippen molar-refractivity contribution in [1.82, 2.24) is 0 Å². The van der Waals surface area contributed by atoms with Crippen LogP contribution in [-0.2, 0) is 10.2 Å². The number of rotatable bonds is 1. The molecule has 1 amide bonds. The van der Waals surface area contributed by atoms with Crippen LogP contribution in [0.3, 0.4) is 0 Å². The second-order valence-corrected chi connectivity index (χ2v) is 5.17. The lowest BCUT2D eigenvalue weighted by Crippen LogP contribution is -2.40. The summed E-state index contributed by atoms with van der Waals surface area (Å²) in [6.07, 6.45) is 0. The molecule has 1 aromatic carbocycles.